The average Bonchev–Trinajstić information content (AvgIpc) is 2.80. The van der Waals surface area contributed by atoms with Gasteiger partial charge < -0.3 is 14.5 Å². The molecule has 8 nitrogen and oxygen atoms in total. The number of ketones is 1. The lowest BCUT2D eigenvalue weighted by Crippen LogP contribution is -2.45. The van der Waals surface area contributed by atoms with Gasteiger partial charge in [-0.05, 0) is 59.4 Å². The number of hydrogen-bond donors (Lipinski definition) is 0. The fourth-order valence-corrected chi connectivity index (χ4v) is 4.90. The Kier molecular flexibility index (Phi) is 6.75. The van der Waals surface area contributed by atoms with Gasteiger partial charge in [-0.2, -0.15) is 5.10 Å². The summed E-state index contributed by atoms with van der Waals surface area (Å²) in [6, 6.07) is 1.97. The third-order valence-electron chi connectivity index (χ3n) is 6.56. The monoisotopic (exact) mass is 473 g/mol. The summed E-state index contributed by atoms with van der Waals surface area (Å²) in [6.45, 7) is 10.2. The molecule has 9 heteroatoms. The van der Waals surface area contributed by atoms with E-state index in [0.29, 0.717) is 36.9 Å². The van der Waals surface area contributed by atoms with Crippen LogP contribution in [0.1, 0.15) is 52.1 Å². The number of Topliss-reactive ketones (excluding diaryl/α,β-unsaturated/α-hetero) is 1. The smallest absolute Gasteiger partial charge is 0.410 e. The summed E-state index contributed by atoms with van der Waals surface area (Å²) in [4.78, 5) is 34.0. The van der Waals surface area contributed by atoms with Gasteiger partial charge in [0.25, 0.3) is 0 Å². The van der Waals surface area contributed by atoms with E-state index in [-0.39, 0.29) is 17.9 Å². The fourth-order valence-electron chi connectivity index (χ4n) is 4.70. The molecule has 0 aliphatic carbocycles. The molecule has 2 aromatic rings. The van der Waals surface area contributed by atoms with Gasteiger partial charge in [-0.15, -0.1) is 5.10 Å². The molecule has 0 unspecified atom stereocenters. The standard InChI is InChI=1S/C24H32ClN5O3/c1-15-19-14-26-20(13-18(19)22(25)28-27-15)29-9-5-16(6-10-29)21(31)17-7-11-30(12-8-17)23(32)33-24(2,3)4/h13-14,16-17H,5-12H2,1-4H3. The zero-order valence-corrected chi connectivity index (χ0v) is 20.6. The van der Waals surface area contributed by atoms with Crippen LogP contribution in [0.4, 0.5) is 10.6 Å². The number of aryl methyl sites for hydroxylation is 1. The van der Waals surface area contributed by atoms with Crippen LogP contribution in [0.15, 0.2) is 12.3 Å². The van der Waals surface area contributed by atoms with Crippen LogP contribution >= 0.6 is 11.6 Å². The molecule has 33 heavy (non-hydrogen) atoms. The Labute approximate surface area is 199 Å². The zero-order chi connectivity index (χ0) is 23.8. The van der Waals surface area contributed by atoms with Crippen molar-refractivity contribution >= 4 is 40.1 Å². The minimum Gasteiger partial charge on any atom is -0.444 e. The number of carbonyl (C=O) groups excluding carboxylic acids is 2. The SMILES string of the molecule is Cc1nnc(Cl)c2cc(N3CCC(C(=O)C4CCN(C(=O)OC(C)(C)C)CC4)CC3)ncc12. The Morgan fingerprint density at radius 1 is 1.00 bits per heavy atom. The molecule has 4 rings (SSSR count). The van der Waals surface area contributed by atoms with E-state index in [1.807, 2.05) is 33.8 Å². The molecular formula is C24H32ClN5O3. The molecule has 2 fully saturated rings. The number of aromatic nitrogens is 3. The first kappa shape index (κ1) is 23.7. The van der Waals surface area contributed by atoms with Crippen molar-refractivity contribution < 1.29 is 14.3 Å². The minimum atomic E-state index is -0.505. The second-order valence-electron chi connectivity index (χ2n) is 10.1. The maximum Gasteiger partial charge on any atom is 0.410 e. The summed E-state index contributed by atoms with van der Waals surface area (Å²) in [6.07, 6.45) is 4.56. The highest BCUT2D eigenvalue weighted by Gasteiger charge is 2.34. The van der Waals surface area contributed by atoms with Gasteiger partial charge in [0.1, 0.15) is 17.2 Å². The first-order chi connectivity index (χ1) is 15.6. The number of likely N-dealkylation sites (tertiary alicyclic amines) is 1. The number of carbonyl (C=O) groups is 2. The van der Waals surface area contributed by atoms with E-state index in [4.69, 9.17) is 16.3 Å². The summed E-state index contributed by atoms with van der Waals surface area (Å²) < 4.78 is 5.46. The maximum absolute atomic E-state index is 13.2. The van der Waals surface area contributed by atoms with E-state index in [1.165, 1.54) is 0 Å². The lowest BCUT2D eigenvalue weighted by atomic mass is 9.81. The van der Waals surface area contributed by atoms with Crippen LogP contribution in [-0.4, -0.2) is 63.7 Å². The predicted octanol–water partition coefficient (Wildman–Crippen LogP) is 4.42. The Bertz CT molecular complexity index is 1040. The molecule has 0 radical (unpaired) electrons. The third kappa shape index (κ3) is 5.37. The summed E-state index contributed by atoms with van der Waals surface area (Å²) in [5, 5.41) is 10.2. The Morgan fingerprint density at radius 3 is 2.21 bits per heavy atom. The van der Waals surface area contributed by atoms with Crippen molar-refractivity contribution in [3.05, 3.63) is 23.1 Å². The van der Waals surface area contributed by atoms with Gasteiger partial charge in [-0.1, -0.05) is 11.6 Å². The normalized spacial score (nSPS) is 18.6. The summed E-state index contributed by atoms with van der Waals surface area (Å²) in [7, 11) is 0. The maximum atomic E-state index is 13.2. The quantitative estimate of drug-likeness (QED) is 0.651. The van der Waals surface area contributed by atoms with Crippen molar-refractivity contribution in [1.29, 1.82) is 0 Å². The summed E-state index contributed by atoms with van der Waals surface area (Å²) in [5.41, 5.74) is 0.297. The second kappa shape index (κ2) is 9.41. The van der Waals surface area contributed by atoms with Crippen LogP contribution in [0.2, 0.25) is 5.15 Å². The van der Waals surface area contributed by atoms with E-state index >= 15 is 0 Å². The van der Waals surface area contributed by atoms with Crippen molar-refractivity contribution in [1.82, 2.24) is 20.1 Å². The van der Waals surface area contributed by atoms with Gasteiger partial charge in [0.05, 0.1) is 5.69 Å². The van der Waals surface area contributed by atoms with Gasteiger partial charge in [-0.25, -0.2) is 9.78 Å². The van der Waals surface area contributed by atoms with E-state index in [1.54, 1.807) is 11.1 Å². The first-order valence-corrected chi connectivity index (χ1v) is 12.1. The first-order valence-electron chi connectivity index (χ1n) is 11.7. The van der Waals surface area contributed by atoms with Gasteiger partial charge in [0, 0.05) is 55.0 Å². The van der Waals surface area contributed by atoms with Crippen LogP contribution in [0, 0.1) is 18.8 Å². The number of pyridine rings is 1. The average molecular weight is 474 g/mol. The Morgan fingerprint density at radius 2 is 1.61 bits per heavy atom. The molecule has 0 spiro atoms. The molecule has 2 saturated heterocycles. The van der Waals surface area contributed by atoms with Crippen molar-refractivity contribution in [2.75, 3.05) is 31.1 Å². The topological polar surface area (TPSA) is 88.5 Å². The largest absolute Gasteiger partial charge is 0.444 e. The highest BCUT2D eigenvalue weighted by Crippen LogP contribution is 2.31. The Balaban J connectivity index is 1.31. The number of amides is 1. The molecule has 2 aliphatic heterocycles. The van der Waals surface area contributed by atoms with Crippen molar-refractivity contribution in [3.8, 4) is 0 Å². The molecule has 2 aliphatic rings. The number of anilines is 1. The number of halogens is 1. The highest BCUT2D eigenvalue weighted by atomic mass is 35.5. The van der Waals surface area contributed by atoms with Crippen molar-refractivity contribution in [3.63, 3.8) is 0 Å². The third-order valence-corrected chi connectivity index (χ3v) is 6.84. The van der Waals surface area contributed by atoms with E-state index in [0.717, 1.165) is 48.2 Å². The molecule has 0 aromatic carbocycles. The molecule has 0 N–H and O–H groups in total. The Hall–Kier alpha value is -2.48. The predicted molar refractivity (Wildman–Crippen MR) is 128 cm³/mol. The molecule has 2 aromatic heterocycles. The van der Waals surface area contributed by atoms with Gasteiger partial charge in [0.2, 0.25) is 0 Å². The molecule has 4 heterocycles. The van der Waals surface area contributed by atoms with Crippen molar-refractivity contribution in [2.24, 2.45) is 11.8 Å². The number of nitrogens with zero attached hydrogens (tertiary/aromatic N) is 5. The summed E-state index contributed by atoms with van der Waals surface area (Å²) in [5.74, 6) is 1.29. The minimum absolute atomic E-state index is 0.0272. The van der Waals surface area contributed by atoms with E-state index < -0.39 is 5.60 Å². The van der Waals surface area contributed by atoms with Crippen LogP contribution in [0.5, 0.6) is 0 Å². The lowest BCUT2D eigenvalue weighted by molar-refractivity contribution is -0.128. The van der Waals surface area contributed by atoms with E-state index in [2.05, 4.69) is 20.1 Å². The van der Waals surface area contributed by atoms with E-state index in [9.17, 15) is 9.59 Å². The summed E-state index contributed by atoms with van der Waals surface area (Å²) >= 11 is 6.25. The molecule has 0 saturated carbocycles. The van der Waals surface area contributed by atoms with Crippen LogP contribution in [0.25, 0.3) is 10.8 Å². The molecule has 1 amide bonds. The number of hydrogen-bond acceptors (Lipinski definition) is 7. The van der Waals surface area contributed by atoms with Gasteiger partial charge in [0.15, 0.2) is 5.15 Å². The molecule has 178 valence electrons. The molecular weight excluding hydrogens is 442 g/mol. The second-order valence-corrected chi connectivity index (χ2v) is 10.4. The van der Waals surface area contributed by atoms with Gasteiger partial charge >= 0.3 is 6.09 Å². The van der Waals surface area contributed by atoms with Gasteiger partial charge in [-0.3, -0.25) is 4.79 Å². The number of fused-ring (bicyclic) bond motifs is 1. The number of piperidine rings is 2. The zero-order valence-electron chi connectivity index (χ0n) is 19.8. The van der Waals surface area contributed by atoms with Crippen LogP contribution in [0.3, 0.4) is 0 Å². The van der Waals surface area contributed by atoms with Crippen LogP contribution in [-0.2, 0) is 9.53 Å². The lowest BCUT2D eigenvalue weighted by Gasteiger charge is -2.36. The van der Waals surface area contributed by atoms with Crippen LogP contribution < -0.4 is 4.90 Å². The highest BCUT2D eigenvalue weighted by molar-refractivity contribution is 6.34. The molecule has 0 atom stereocenters. The number of rotatable bonds is 3. The molecule has 0 bridgehead atoms. The number of ether oxygens (including phenoxy) is 1. The fraction of sp³-hybridized carbons (Fsp3) is 0.625. The van der Waals surface area contributed by atoms with Crippen molar-refractivity contribution in [2.45, 2.75) is 59.0 Å².